The van der Waals surface area contributed by atoms with E-state index in [-0.39, 0.29) is 18.0 Å². The Hall–Kier alpha value is -2.17. The van der Waals surface area contributed by atoms with Gasteiger partial charge in [-0.15, -0.1) is 0 Å². The summed E-state index contributed by atoms with van der Waals surface area (Å²) in [4.78, 5) is 27.4. The third kappa shape index (κ3) is 2.72. The Morgan fingerprint density at radius 1 is 1.12 bits per heavy atom. The molecule has 1 saturated carbocycles. The first-order valence-corrected chi connectivity index (χ1v) is 8.98. The molecule has 1 aliphatic heterocycles. The van der Waals surface area contributed by atoms with E-state index in [1.165, 1.54) is 30.4 Å². The summed E-state index contributed by atoms with van der Waals surface area (Å²) < 4.78 is 1.32. The normalized spacial score (nSPS) is 23.9. The number of aromatic nitrogens is 2. The molecule has 1 saturated heterocycles. The van der Waals surface area contributed by atoms with Gasteiger partial charge < -0.3 is 4.90 Å². The molecule has 2 fully saturated rings. The van der Waals surface area contributed by atoms with E-state index in [2.05, 4.69) is 5.10 Å². The topological polar surface area (TPSA) is 55.2 Å². The number of benzene rings is 1. The van der Waals surface area contributed by atoms with Crippen molar-refractivity contribution in [2.24, 2.45) is 5.92 Å². The lowest BCUT2D eigenvalue weighted by Gasteiger charge is -2.44. The van der Waals surface area contributed by atoms with Gasteiger partial charge in [-0.2, -0.15) is 5.10 Å². The molecule has 2 atom stereocenters. The molecule has 1 aromatic heterocycles. The fourth-order valence-electron chi connectivity index (χ4n) is 4.39. The number of rotatable bonds is 2. The highest BCUT2D eigenvalue weighted by atomic mass is 16.2. The summed E-state index contributed by atoms with van der Waals surface area (Å²) in [5, 5.41) is 5.64. The molecule has 2 aliphatic rings. The van der Waals surface area contributed by atoms with Crippen molar-refractivity contribution in [1.29, 1.82) is 0 Å². The quantitative estimate of drug-likeness (QED) is 0.853. The van der Waals surface area contributed by atoms with Gasteiger partial charge in [-0.25, -0.2) is 4.68 Å². The molecular formula is C19H23N3O2. The molecule has 126 valence electrons. The molecule has 5 nitrogen and oxygen atoms in total. The van der Waals surface area contributed by atoms with Crippen LogP contribution in [0.5, 0.6) is 0 Å². The van der Waals surface area contributed by atoms with Crippen LogP contribution in [0.25, 0.3) is 10.8 Å². The summed E-state index contributed by atoms with van der Waals surface area (Å²) in [6.07, 6.45) is 8.83. The maximum atomic E-state index is 12.8. The number of likely N-dealkylation sites (tertiary alicyclic amines) is 1. The molecule has 2 aromatic rings. The minimum Gasteiger partial charge on any atom is -0.338 e. The standard InChI is InChI=1S/C19H23N3O2/c23-18(21-11-5-8-14-6-2-4-10-17(14)21)13-22-19(24)16-9-3-1-7-15(16)12-20-22/h1,3,7,9,12,14,17H,2,4-6,8,10-11,13H2. The van der Waals surface area contributed by atoms with Crippen molar-refractivity contribution in [1.82, 2.24) is 14.7 Å². The first kappa shape index (κ1) is 15.4. The molecule has 1 aliphatic carbocycles. The summed E-state index contributed by atoms with van der Waals surface area (Å²) in [6.45, 7) is 0.870. The lowest BCUT2D eigenvalue weighted by molar-refractivity contribution is -0.138. The van der Waals surface area contributed by atoms with Gasteiger partial charge in [-0.3, -0.25) is 9.59 Å². The van der Waals surface area contributed by atoms with Gasteiger partial charge in [0.25, 0.3) is 5.56 Å². The predicted octanol–water partition coefficient (Wildman–Crippen LogP) is 2.58. The Kier molecular flexibility index (Phi) is 4.08. The summed E-state index contributed by atoms with van der Waals surface area (Å²) in [7, 11) is 0. The highest BCUT2D eigenvalue weighted by molar-refractivity contribution is 5.81. The first-order chi connectivity index (χ1) is 11.7. The molecule has 0 radical (unpaired) electrons. The number of piperidine rings is 1. The van der Waals surface area contributed by atoms with Crippen LogP contribution >= 0.6 is 0 Å². The third-order valence-electron chi connectivity index (χ3n) is 5.61. The van der Waals surface area contributed by atoms with Gasteiger partial charge >= 0.3 is 0 Å². The summed E-state index contributed by atoms with van der Waals surface area (Å²) in [6, 6.07) is 7.75. The highest BCUT2D eigenvalue weighted by Gasteiger charge is 2.35. The van der Waals surface area contributed by atoms with Crippen molar-refractivity contribution in [3.05, 3.63) is 40.8 Å². The Morgan fingerprint density at radius 3 is 2.83 bits per heavy atom. The zero-order valence-electron chi connectivity index (χ0n) is 13.9. The molecular weight excluding hydrogens is 302 g/mol. The predicted molar refractivity (Wildman–Crippen MR) is 92.7 cm³/mol. The Balaban J connectivity index is 1.57. The molecule has 2 unspecified atom stereocenters. The van der Waals surface area contributed by atoms with Crippen LogP contribution < -0.4 is 5.56 Å². The van der Waals surface area contributed by atoms with Crippen molar-refractivity contribution in [3.8, 4) is 0 Å². The van der Waals surface area contributed by atoms with Crippen LogP contribution in [0.2, 0.25) is 0 Å². The fourth-order valence-corrected chi connectivity index (χ4v) is 4.39. The number of fused-ring (bicyclic) bond motifs is 2. The van der Waals surface area contributed by atoms with Crippen molar-refractivity contribution in [2.75, 3.05) is 6.54 Å². The Morgan fingerprint density at radius 2 is 1.92 bits per heavy atom. The molecule has 4 rings (SSSR count). The number of hydrogen-bond donors (Lipinski definition) is 0. The molecule has 0 N–H and O–H groups in total. The van der Waals surface area contributed by atoms with E-state index in [4.69, 9.17) is 0 Å². The number of amides is 1. The van der Waals surface area contributed by atoms with Crippen molar-refractivity contribution >= 4 is 16.7 Å². The van der Waals surface area contributed by atoms with Crippen LogP contribution in [0.15, 0.2) is 35.3 Å². The molecule has 2 heterocycles. The second-order valence-electron chi connectivity index (χ2n) is 7.04. The Labute approximate surface area is 141 Å². The molecule has 0 spiro atoms. The Bertz CT molecular complexity index is 812. The van der Waals surface area contributed by atoms with Gasteiger partial charge in [-0.1, -0.05) is 31.0 Å². The largest absolute Gasteiger partial charge is 0.338 e. The SMILES string of the molecule is O=C(Cn1ncc2ccccc2c1=O)N1CCCC2CCCCC21. The number of hydrogen-bond acceptors (Lipinski definition) is 3. The average molecular weight is 325 g/mol. The van der Waals surface area contributed by atoms with Crippen molar-refractivity contribution in [3.63, 3.8) is 0 Å². The minimum absolute atomic E-state index is 0.0384. The average Bonchev–Trinajstić information content (AvgIpc) is 2.63. The minimum atomic E-state index is -0.182. The van der Waals surface area contributed by atoms with Crippen molar-refractivity contribution in [2.45, 2.75) is 51.1 Å². The summed E-state index contributed by atoms with van der Waals surface area (Å²) in [5.74, 6) is 0.689. The van der Waals surface area contributed by atoms with Gasteiger partial charge in [0.05, 0.1) is 11.6 Å². The summed E-state index contributed by atoms with van der Waals surface area (Å²) in [5.41, 5.74) is -0.182. The van der Waals surface area contributed by atoms with Gasteiger partial charge in [0.15, 0.2) is 0 Å². The van der Waals surface area contributed by atoms with Crippen LogP contribution in [0.3, 0.4) is 0 Å². The van der Waals surface area contributed by atoms with E-state index in [0.29, 0.717) is 17.3 Å². The summed E-state index contributed by atoms with van der Waals surface area (Å²) >= 11 is 0. The highest BCUT2D eigenvalue weighted by Crippen LogP contribution is 2.35. The number of carbonyl (C=O) groups is 1. The molecule has 1 aromatic carbocycles. The molecule has 5 heteroatoms. The van der Waals surface area contributed by atoms with E-state index in [1.54, 1.807) is 12.3 Å². The second-order valence-corrected chi connectivity index (χ2v) is 7.04. The van der Waals surface area contributed by atoms with Gasteiger partial charge in [0.1, 0.15) is 6.54 Å². The second kappa shape index (κ2) is 6.38. The van der Waals surface area contributed by atoms with Crippen LogP contribution in [0, 0.1) is 5.92 Å². The van der Waals surface area contributed by atoms with E-state index in [1.807, 2.05) is 23.1 Å². The van der Waals surface area contributed by atoms with E-state index in [9.17, 15) is 9.59 Å². The lowest BCUT2D eigenvalue weighted by atomic mass is 9.78. The van der Waals surface area contributed by atoms with Gasteiger partial charge in [-0.05, 0) is 37.7 Å². The molecule has 24 heavy (non-hydrogen) atoms. The zero-order valence-corrected chi connectivity index (χ0v) is 13.9. The monoisotopic (exact) mass is 325 g/mol. The van der Waals surface area contributed by atoms with Crippen LogP contribution in [0.4, 0.5) is 0 Å². The fraction of sp³-hybridized carbons (Fsp3) is 0.526. The zero-order chi connectivity index (χ0) is 16.5. The number of nitrogens with zero attached hydrogens (tertiary/aromatic N) is 3. The smallest absolute Gasteiger partial charge is 0.275 e. The maximum Gasteiger partial charge on any atom is 0.275 e. The van der Waals surface area contributed by atoms with Crippen LogP contribution in [-0.2, 0) is 11.3 Å². The molecule has 0 bridgehead atoms. The van der Waals surface area contributed by atoms with Crippen LogP contribution in [0.1, 0.15) is 38.5 Å². The number of carbonyl (C=O) groups excluding carboxylic acids is 1. The molecule has 1 amide bonds. The van der Waals surface area contributed by atoms with E-state index >= 15 is 0 Å². The lowest BCUT2D eigenvalue weighted by Crippen LogP contribution is -2.51. The first-order valence-electron chi connectivity index (χ1n) is 8.98. The maximum absolute atomic E-state index is 12.8. The van der Waals surface area contributed by atoms with Crippen LogP contribution in [-0.4, -0.2) is 33.2 Å². The van der Waals surface area contributed by atoms with E-state index < -0.39 is 0 Å². The van der Waals surface area contributed by atoms with E-state index in [0.717, 1.165) is 24.8 Å². The van der Waals surface area contributed by atoms with Gasteiger partial charge in [0, 0.05) is 18.0 Å². The van der Waals surface area contributed by atoms with Crippen molar-refractivity contribution < 1.29 is 4.79 Å². The van der Waals surface area contributed by atoms with Gasteiger partial charge in [0.2, 0.25) is 5.91 Å². The third-order valence-corrected chi connectivity index (χ3v) is 5.61.